The molecule has 1 aromatic rings. The summed E-state index contributed by atoms with van der Waals surface area (Å²) in [6, 6.07) is -4.48. The molecule has 1 aromatic heterocycles. The van der Waals surface area contributed by atoms with Crippen LogP contribution >= 0.6 is 11.8 Å². The van der Waals surface area contributed by atoms with Crippen molar-refractivity contribution in [1.29, 1.82) is 0 Å². The number of aromatic amines is 1. The van der Waals surface area contributed by atoms with Crippen molar-refractivity contribution in [2.45, 2.75) is 56.8 Å². The number of imidazole rings is 1. The smallest absolute Gasteiger partial charge is 0.326 e. The van der Waals surface area contributed by atoms with Crippen molar-refractivity contribution in [3.8, 4) is 0 Å². The number of carboxylic acids is 2. The first-order valence-electron chi connectivity index (χ1n) is 10.1. The number of nitrogens with zero attached hydrogens (tertiary/aromatic N) is 1. The Morgan fingerprint density at radius 2 is 1.73 bits per heavy atom. The van der Waals surface area contributed by atoms with Gasteiger partial charge in [-0.15, -0.1) is 0 Å². The van der Waals surface area contributed by atoms with Gasteiger partial charge in [0.1, 0.15) is 18.1 Å². The van der Waals surface area contributed by atoms with Gasteiger partial charge >= 0.3 is 11.9 Å². The zero-order valence-electron chi connectivity index (χ0n) is 18.4. The number of hydrogen-bond donors (Lipinski definition) is 7. The average Bonchev–Trinajstić information content (AvgIpc) is 3.26. The van der Waals surface area contributed by atoms with Crippen molar-refractivity contribution in [3.05, 3.63) is 18.2 Å². The van der Waals surface area contributed by atoms with E-state index in [-0.39, 0.29) is 12.8 Å². The molecule has 14 heteroatoms. The average molecular weight is 487 g/mol. The van der Waals surface area contributed by atoms with Gasteiger partial charge in [0, 0.05) is 24.7 Å². The van der Waals surface area contributed by atoms with E-state index in [2.05, 4.69) is 25.9 Å². The summed E-state index contributed by atoms with van der Waals surface area (Å²) in [5.41, 5.74) is 6.43. The summed E-state index contributed by atoms with van der Waals surface area (Å²) in [7, 11) is 0. The van der Waals surface area contributed by atoms with E-state index < -0.39 is 60.2 Å². The lowest BCUT2D eigenvalue weighted by Gasteiger charge is -2.23. The van der Waals surface area contributed by atoms with Gasteiger partial charge in [-0.25, -0.2) is 9.78 Å². The van der Waals surface area contributed by atoms with Crippen LogP contribution in [0.3, 0.4) is 0 Å². The Hall–Kier alpha value is -3.13. The largest absolute Gasteiger partial charge is 0.481 e. The van der Waals surface area contributed by atoms with Gasteiger partial charge in [-0.05, 0) is 31.8 Å². The summed E-state index contributed by atoms with van der Waals surface area (Å²) >= 11 is 1.53. The van der Waals surface area contributed by atoms with E-state index in [0.29, 0.717) is 17.9 Å². The fourth-order valence-corrected chi connectivity index (χ4v) is 3.17. The number of amides is 3. The van der Waals surface area contributed by atoms with Gasteiger partial charge in [-0.3, -0.25) is 19.2 Å². The molecule has 4 atom stereocenters. The highest BCUT2D eigenvalue weighted by Gasteiger charge is 2.29. The third kappa shape index (κ3) is 10.4. The molecular weight excluding hydrogens is 456 g/mol. The number of aliphatic carboxylic acids is 2. The zero-order valence-corrected chi connectivity index (χ0v) is 19.2. The number of thioether (sulfide) groups is 1. The molecule has 0 aliphatic rings. The Morgan fingerprint density at radius 3 is 2.27 bits per heavy atom. The molecule has 0 saturated heterocycles. The van der Waals surface area contributed by atoms with Gasteiger partial charge in [0.2, 0.25) is 17.7 Å². The van der Waals surface area contributed by atoms with Crippen LogP contribution in [-0.2, 0) is 30.4 Å². The number of hydrogen-bond acceptors (Lipinski definition) is 8. The second-order valence-corrected chi connectivity index (χ2v) is 8.28. The number of carbonyl (C=O) groups excluding carboxylic acids is 3. The van der Waals surface area contributed by atoms with Gasteiger partial charge in [0.05, 0.1) is 12.4 Å². The SMILES string of the molecule is CSCCC(N)C(=O)NC(Cc1cnc[nH]1)C(=O)NC(C)C(=O)NC(CCC(=O)O)C(=O)O. The first-order chi connectivity index (χ1) is 15.5. The van der Waals surface area contributed by atoms with E-state index in [1.807, 2.05) is 6.26 Å². The van der Waals surface area contributed by atoms with E-state index >= 15 is 0 Å². The van der Waals surface area contributed by atoms with Gasteiger partial charge in [-0.2, -0.15) is 11.8 Å². The first-order valence-corrected chi connectivity index (χ1v) is 11.5. The summed E-state index contributed by atoms with van der Waals surface area (Å²) in [6.07, 6.45) is 4.47. The Labute approximate surface area is 194 Å². The highest BCUT2D eigenvalue weighted by Crippen LogP contribution is 2.04. The summed E-state index contributed by atoms with van der Waals surface area (Å²) in [5.74, 6) is -3.97. The Balaban J connectivity index is 2.80. The van der Waals surface area contributed by atoms with Crippen molar-refractivity contribution in [3.63, 3.8) is 0 Å². The Morgan fingerprint density at radius 1 is 1.06 bits per heavy atom. The number of carbonyl (C=O) groups is 5. The van der Waals surface area contributed by atoms with Crippen LogP contribution < -0.4 is 21.7 Å². The number of H-pyrrole nitrogens is 1. The van der Waals surface area contributed by atoms with E-state index in [1.54, 1.807) is 0 Å². The molecule has 0 bridgehead atoms. The number of aromatic nitrogens is 2. The molecule has 0 aliphatic heterocycles. The van der Waals surface area contributed by atoms with Crippen molar-refractivity contribution < 1.29 is 34.2 Å². The Kier molecular flexibility index (Phi) is 11.9. The molecule has 13 nitrogen and oxygen atoms in total. The topological polar surface area (TPSA) is 217 Å². The maximum absolute atomic E-state index is 12.8. The standard InChI is InChI=1S/C19H30N6O7S/c1-10(16(28)24-13(19(31)32)3-4-15(26)27)23-18(30)14(7-11-8-21-9-22-11)25-17(29)12(20)5-6-33-2/h8-10,12-14H,3-7,20H2,1-2H3,(H,21,22)(H,23,30)(H,24,28)(H,25,29)(H,26,27)(H,31,32). The van der Waals surface area contributed by atoms with Crippen LogP contribution in [0.1, 0.15) is 31.9 Å². The lowest BCUT2D eigenvalue weighted by atomic mass is 10.1. The minimum absolute atomic E-state index is 0.0531. The summed E-state index contributed by atoms with van der Waals surface area (Å²) in [5, 5.41) is 25.1. The molecule has 4 unspecified atom stereocenters. The lowest BCUT2D eigenvalue weighted by molar-refractivity contribution is -0.143. The molecule has 0 saturated carbocycles. The number of carboxylic acid groups (broad SMARTS) is 2. The normalized spacial score (nSPS) is 14.4. The minimum Gasteiger partial charge on any atom is -0.481 e. The monoisotopic (exact) mass is 486 g/mol. The molecule has 3 amide bonds. The van der Waals surface area contributed by atoms with E-state index in [0.717, 1.165) is 0 Å². The highest BCUT2D eigenvalue weighted by molar-refractivity contribution is 7.98. The van der Waals surface area contributed by atoms with Crippen LogP contribution in [0.4, 0.5) is 0 Å². The van der Waals surface area contributed by atoms with E-state index in [1.165, 1.54) is 31.2 Å². The second-order valence-electron chi connectivity index (χ2n) is 7.29. The van der Waals surface area contributed by atoms with Crippen LogP contribution in [0.2, 0.25) is 0 Å². The molecule has 0 fully saturated rings. The summed E-state index contributed by atoms with van der Waals surface area (Å²) < 4.78 is 0. The zero-order chi connectivity index (χ0) is 25.0. The molecule has 0 radical (unpaired) electrons. The van der Waals surface area contributed by atoms with Crippen molar-refractivity contribution in [2.75, 3.05) is 12.0 Å². The van der Waals surface area contributed by atoms with Crippen LogP contribution in [0, 0.1) is 0 Å². The second kappa shape index (κ2) is 14.1. The number of rotatable bonds is 15. The summed E-state index contributed by atoms with van der Waals surface area (Å²) in [4.78, 5) is 66.2. The fourth-order valence-electron chi connectivity index (χ4n) is 2.68. The molecule has 8 N–H and O–H groups in total. The maximum Gasteiger partial charge on any atom is 0.326 e. The Bertz CT molecular complexity index is 820. The van der Waals surface area contributed by atoms with Crippen LogP contribution in [0.25, 0.3) is 0 Å². The third-order valence-electron chi connectivity index (χ3n) is 4.60. The predicted octanol–water partition coefficient (Wildman–Crippen LogP) is -1.54. The minimum atomic E-state index is -1.43. The number of nitrogens with one attached hydrogen (secondary N) is 4. The van der Waals surface area contributed by atoms with Gasteiger partial charge < -0.3 is 36.9 Å². The molecule has 1 rings (SSSR count). The molecular formula is C19H30N6O7S. The van der Waals surface area contributed by atoms with Gasteiger partial charge in [0.25, 0.3) is 0 Å². The molecule has 1 heterocycles. The predicted molar refractivity (Wildman–Crippen MR) is 119 cm³/mol. The molecule has 0 aliphatic carbocycles. The van der Waals surface area contributed by atoms with Crippen LogP contribution in [0.5, 0.6) is 0 Å². The molecule has 0 aromatic carbocycles. The molecule has 0 spiro atoms. The first kappa shape index (κ1) is 27.9. The van der Waals surface area contributed by atoms with E-state index in [9.17, 15) is 29.1 Å². The quantitative estimate of drug-likeness (QED) is 0.151. The van der Waals surface area contributed by atoms with Crippen LogP contribution in [0.15, 0.2) is 12.5 Å². The van der Waals surface area contributed by atoms with Gasteiger partial charge in [0.15, 0.2) is 0 Å². The fraction of sp³-hybridized carbons (Fsp3) is 0.579. The highest BCUT2D eigenvalue weighted by atomic mass is 32.2. The third-order valence-corrected chi connectivity index (χ3v) is 5.24. The van der Waals surface area contributed by atoms with Crippen molar-refractivity contribution >= 4 is 41.4 Å². The maximum atomic E-state index is 12.8. The van der Waals surface area contributed by atoms with E-state index in [4.69, 9.17) is 10.8 Å². The molecule has 184 valence electrons. The number of nitrogens with two attached hydrogens (primary N) is 1. The van der Waals surface area contributed by atoms with Crippen molar-refractivity contribution in [1.82, 2.24) is 25.9 Å². The lowest BCUT2D eigenvalue weighted by Crippen LogP contribution is -2.57. The van der Waals surface area contributed by atoms with Crippen molar-refractivity contribution in [2.24, 2.45) is 5.73 Å². The van der Waals surface area contributed by atoms with Gasteiger partial charge in [-0.1, -0.05) is 0 Å². The van der Waals surface area contributed by atoms with Crippen LogP contribution in [-0.4, -0.2) is 86.0 Å². The molecule has 33 heavy (non-hydrogen) atoms. The summed E-state index contributed by atoms with van der Waals surface area (Å²) in [6.45, 7) is 1.34.